The summed E-state index contributed by atoms with van der Waals surface area (Å²) in [5.74, 6) is 1.25. The van der Waals surface area contributed by atoms with Crippen LogP contribution in [0.3, 0.4) is 0 Å². The number of carbonyl (C=O) groups is 1. The third-order valence-corrected chi connectivity index (χ3v) is 4.10. The molecule has 0 amide bonds. The van der Waals surface area contributed by atoms with E-state index in [-0.39, 0.29) is 5.41 Å². The van der Waals surface area contributed by atoms with Crippen molar-refractivity contribution in [2.45, 2.75) is 32.6 Å². The second-order valence-corrected chi connectivity index (χ2v) is 6.03. The van der Waals surface area contributed by atoms with E-state index >= 15 is 0 Å². The summed E-state index contributed by atoms with van der Waals surface area (Å²) >= 11 is 3.49. The molecule has 0 aliphatic heterocycles. The number of ketones is 1. The fourth-order valence-corrected chi connectivity index (χ4v) is 3.15. The fourth-order valence-electron chi connectivity index (χ4n) is 2.56. The van der Waals surface area contributed by atoms with Crippen molar-refractivity contribution in [1.82, 2.24) is 0 Å². The van der Waals surface area contributed by atoms with E-state index in [0.29, 0.717) is 5.78 Å². The quantitative estimate of drug-likeness (QED) is 0.849. The van der Waals surface area contributed by atoms with E-state index < -0.39 is 0 Å². The van der Waals surface area contributed by atoms with E-state index in [0.717, 1.165) is 35.9 Å². The van der Waals surface area contributed by atoms with Gasteiger partial charge in [0.25, 0.3) is 0 Å². The molecule has 0 saturated heterocycles. The third-order valence-electron chi connectivity index (χ3n) is 3.48. The van der Waals surface area contributed by atoms with E-state index in [1.54, 1.807) is 7.11 Å². The van der Waals surface area contributed by atoms with Crippen molar-refractivity contribution in [3.8, 4) is 5.75 Å². The molecule has 17 heavy (non-hydrogen) atoms. The van der Waals surface area contributed by atoms with Gasteiger partial charge in [0, 0.05) is 12.8 Å². The number of hydrogen-bond acceptors (Lipinski definition) is 2. The highest BCUT2D eigenvalue weighted by atomic mass is 79.9. The first-order chi connectivity index (χ1) is 8.02. The minimum Gasteiger partial charge on any atom is -0.496 e. The Morgan fingerprint density at radius 1 is 1.47 bits per heavy atom. The molecule has 1 aliphatic rings. The molecule has 0 heterocycles. The maximum atomic E-state index is 11.4. The number of halogens is 1. The SMILES string of the molecule is COc1ccc(CC2(C)CCC(=O)C2)cc1Br. The summed E-state index contributed by atoms with van der Waals surface area (Å²) in [6.07, 6.45) is 3.43. The Balaban J connectivity index is 2.14. The van der Waals surface area contributed by atoms with E-state index in [4.69, 9.17) is 4.74 Å². The zero-order valence-electron chi connectivity index (χ0n) is 10.3. The van der Waals surface area contributed by atoms with Crippen molar-refractivity contribution in [2.24, 2.45) is 5.41 Å². The van der Waals surface area contributed by atoms with Crippen LogP contribution in [-0.2, 0) is 11.2 Å². The molecule has 1 aliphatic carbocycles. The van der Waals surface area contributed by atoms with Crippen LogP contribution in [0.25, 0.3) is 0 Å². The Kier molecular flexibility index (Phi) is 3.57. The normalized spacial score (nSPS) is 24.1. The lowest BCUT2D eigenvalue weighted by atomic mass is 9.82. The molecule has 2 nitrogen and oxygen atoms in total. The maximum Gasteiger partial charge on any atom is 0.133 e. The van der Waals surface area contributed by atoms with Gasteiger partial charge in [-0.05, 0) is 51.9 Å². The molecule has 0 aromatic heterocycles. The van der Waals surface area contributed by atoms with Crippen molar-refractivity contribution < 1.29 is 9.53 Å². The van der Waals surface area contributed by atoms with Crippen molar-refractivity contribution in [3.63, 3.8) is 0 Å². The molecular formula is C14H17BrO2. The molecule has 1 saturated carbocycles. The average molecular weight is 297 g/mol. The lowest BCUT2D eigenvalue weighted by Crippen LogP contribution is -2.15. The molecule has 1 fully saturated rings. The second-order valence-electron chi connectivity index (χ2n) is 5.17. The summed E-state index contributed by atoms with van der Waals surface area (Å²) in [6, 6.07) is 6.14. The van der Waals surface area contributed by atoms with Crippen LogP contribution >= 0.6 is 15.9 Å². The number of carbonyl (C=O) groups excluding carboxylic acids is 1. The average Bonchev–Trinajstić information content (AvgIpc) is 2.58. The zero-order valence-corrected chi connectivity index (χ0v) is 11.8. The molecule has 0 spiro atoms. The fraction of sp³-hybridized carbons (Fsp3) is 0.500. The smallest absolute Gasteiger partial charge is 0.133 e. The monoisotopic (exact) mass is 296 g/mol. The molecule has 0 radical (unpaired) electrons. The van der Waals surface area contributed by atoms with Gasteiger partial charge in [0.05, 0.1) is 11.6 Å². The third kappa shape index (κ3) is 2.89. The predicted octanol–water partition coefficient (Wildman–Crippen LogP) is 3.76. The van der Waals surface area contributed by atoms with Crippen LogP contribution in [0.1, 0.15) is 31.7 Å². The molecule has 1 aromatic carbocycles. The van der Waals surface area contributed by atoms with Crippen LogP contribution in [-0.4, -0.2) is 12.9 Å². The largest absolute Gasteiger partial charge is 0.496 e. The number of hydrogen-bond donors (Lipinski definition) is 0. The molecule has 0 bridgehead atoms. The van der Waals surface area contributed by atoms with E-state index in [2.05, 4.69) is 35.0 Å². The van der Waals surface area contributed by atoms with Crippen molar-refractivity contribution in [2.75, 3.05) is 7.11 Å². The van der Waals surface area contributed by atoms with Gasteiger partial charge in [-0.2, -0.15) is 0 Å². The summed E-state index contributed by atoms with van der Waals surface area (Å²) in [7, 11) is 1.66. The van der Waals surface area contributed by atoms with Gasteiger partial charge in [-0.1, -0.05) is 13.0 Å². The molecule has 92 valence electrons. The lowest BCUT2D eigenvalue weighted by molar-refractivity contribution is -0.117. The summed E-state index contributed by atoms with van der Waals surface area (Å²) in [5, 5.41) is 0. The van der Waals surface area contributed by atoms with Gasteiger partial charge in [0.1, 0.15) is 11.5 Å². The number of benzene rings is 1. The van der Waals surface area contributed by atoms with Gasteiger partial charge in [-0.25, -0.2) is 0 Å². The molecule has 1 aromatic rings. The predicted molar refractivity (Wildman–Crippen MR) is 71.4 cm³/mol. The van der Waals surface area contributed by atoms with Crippen LogP contribution in [0.4, 0.5) is 0 Å². The zero-order chi connectivity index (χ0) is 12.5. The molecular weight excluding hydrogens is 280 g/mol. The minimum absolute atomic E-state index is 0.144. The van der Waals surface area contributed by atoms with Gasteiger partial charge >= 0.3 is 0 Å². The Hall–Kier alpha value is -0.830. The van der Waals surface area contributed by atoms with E-state index in [9.17, 15) is 4.79 Å². The van der Waals surface area contributed by atoms with Crippen LogP contribution in [0.2, 0.25) is 0 Å². The number of methoxy groups -OCH3 is 1. The summed E-state index contributed by atoms with van der Waals surface area (Å²) in [6.45, 7) is 2.20. The standard InChI is InChI=1S/C14H17BrO2/c1-14(6-5-11(16)9-14)8-10-3-4-13(17-2)12(15)7-10/h3-4,7H,5-6,8-9H2,1-2H3. The van der Waals surface area contributed by atoms with E-state index in [1.807, 2.05) is 6.07 Å². The lowest BCUT2D eigenvalue weighted by Gasteiger charge is -2.22. The number of Topliss-reactive ketones (excluding diaryl/α,β-unsaturated/α-hetero) is 1. The Labute approximate surface area is 110 Å². The van der Waals surface area contributed by atoms with Gasteiger partial charge < -0.3 is 4.74 Å². The topological polar surface area (TPSA) is 26.3 Å². The highest BCUT2D eigenvalue weighted by molar-refractivity contribution is 9.10. The highest BCUT2D eigenvalue weighted by Gasteiger charge is 2.33. The van der Waals surface area contributed by atoms with Gasteiger partial charge in [0.15, 0.2) is 0 Å². The molecule has 2 rings (SSSR count). The molecule has 0 N–H and O–H groups in total. The van der Waals surface area contributed by atoms with Crippen molar-refractivity contribution in [3.05, 3.63) is 28.2 Å². The number of ether oxygens (including phenoxy) is 1. The minimum atomic E-state index is 0.144. The van der Waals surface area contributed by atoms with Gasteiger partial charge in [0.2, 0.25) is 0 Å². The Bertz CT molecular complexity index is 442. The Morgan fingerprint density at radius 2 is 2.24 bits per heavy atom. The summed E-state index contributed by atoms with van der Waals surface area (Å²) in [5.41, 5.74) is 1.40. The summed E-state index contributed by atoms with van der Waals surface area (Å²) in [4.78, 5) is 11.4. The summed E-state index contributed by atoms with van der Waals surface area (Å²) < 4.78 is 6.19. The van der Waals surface area contributed by atoms with Gasteiger partial charge in [-0.15, -0.1) is 0 Å². The molecule has 1 atom stereocenters. The highest BCUT2D eigenvalue weighted by Crippen LogP contribution is 2.39. The molecule has 1 unspecified atom stereocenters. The van der Waals surface area contributed by atoms with Gasteiger partial charge in [-0.3, -0.25) is 4.79 Å². The van der Waals surface area contributed by atoms with Crippen molar-refractivity contribution in [1.29, 1.82) is 0 Å². The first kappa shape index (κ1) is 12.6. The Morgan fingerprint density at radius 3 is 2.76 bits per heavy atom. The second kappa shape index (κ2) is 4.81. The van der Waals surface area contributed by atoms with Crippen molar-refractivity contribution >= 4 is 21.7 Å². The number of rotatable bonds is 3. The maximum absolute atomic E-state index is 11.4. The first-order valence-electron chi connectivity index (χ1n) is 5.86. The van der Waals surface area contributed by atoms with E-state index in [1.165, 1.54) is 5.56 Å². The van der Waals surface area contributed by atoms with Crippen LogP contribution < -0.4 is 4.74 Å². The van der Waals surface area contributed by atoms with Crippen LogP contribution in [0, 0.1) is 5.41 Å². The molecule has 3 heteroatoms. The van der Waals surface area contributed by atoms with Crippen LogP contribution in [0.5, 0.6) is 5.75 Å². The van der Waals surface area contributed by atoms with Crippen LogP contribution in [0.15, 0.2) is 22.7 Å². The first-order valence-corrected chi connectivity index (χ1v) is 6.66.